The lowest BCUT2D eigenvalue weighted by atomic mass is 10.1. The van der Waals surface area contributed by atoms with Crippen LogP contribution in [0, 0.1) is 17.0 Å². The predicted octanol–water partition coefficient (Wildman–Crippen LogP) is 2.45. The van der Waals surface area contributed by atoms with Crippen LogP contribution in [0.5, 0.6) is 0 Å². The molecule has 1 aromatic carbocycles. The van der Waals surface area contributed by atoms with E-state index in [4.69, 9.17) is 4.52 Å². The SMILES string of the molecule is Cc1ccc(-c2nc(CNC(C)C)no2)cc1[N+](=O)[O-]. The second-order valence-corrected chi connectivity index (χ2v) is 4.81. The quantitative estimate of drug-likeness (QED) is 0.665. The highest BCUT2D eigenvalue weighted by Crippen LogP contribution is 2.25. The molecular weight excluding hydrogens is 260 g/mol. The van der Waals surface area contributed by atoms with E-state index >= 15 is 0 Å². The Labute approximate surface area is 116 Å². The molecule has 2 aromatic rings. The minimum atomic E-state index is -0.420. The second kappa shape index (κ2) is 5.79. The molecule has 0 saturated heterocycles. The van der Waals surface area contributed by atoms with Crippen molar-refractivity contribution in [1.82, 2.24) is 15.5 Å². The van der Waals surface area contributed by atoms with Gasteiger partial charge in [-0.15, -0.1) is 0 Å². The molecule has 1 heterocycles. The Morgan fingerprint density at radius 1 is 1.45 bits per heavy atom. The molecule has 0 fully saturated rings. The monoisotopic (exact) mass is 276 g/mol. The zero-order valence-electron chi connectivity index (χ0n) is 11.6. The topological polar surface area (TPSA) is 94.1 Å². The molecule has 0 bridgehead atoms. The van der Waals surface area contributed by atoms with E-state index in [0.717, 1.165) is 0 Å². The van der Waals surface area contributed by atoms with E-state index in [9.17, 15) is 10.1 Å². The Bertz CT molecular complexity index is 622. The van der Waals surface area contributed by atoms with E-state index in [0.29, 0.717) is 29.5 Å². The Hall–Kier alpha value is -2.28. The fourth-order valence-corrected chi connectivity index (χ4v) is 1.68. The highest BCUT2D eigenvalue weighted by atomic mass is 16.6. The Morgan fingerprint density at radius 3 is 2.85 bits per heavy atom. The summed E-state index contributed by atoms with van der Waals surface area (Å²) in [6.07, 6.45) is 0. The van der Waals surface area contributed by atoms with Gasteiger partial charge in [0, 0.05) is 23.2 Å². The van der Waals surface area contributed by atoms with Gasteiger partial charge in [-0.1, -0.05) is 25.1 Å². The number of nitro benzene ring substituents is 1. The van der Waals surface area contributed by atoms with Gasteiger partial charge in [-0.3, -0.25) is 10.1 Å². The molecule has 0 amide bonds. The molecule has 7 heteroatoms. The van der Waals surface area contributed by atoms with Gasteiger partial charge in [0.15, 0.2) is 5.82 Å². The van der Waals surface area contributed by atoms with Gasteiger partial charge in [-0.25, -0.2) is 0 Å². The van der Waals surface area contributed by atoms with Gasteiger partial charge in [-0.05, 0) is 13.0 Å². The summed E-state index contributed by atoms with van der Waals surface area (Å²) in [6, 6.07) is 5.17. The van der Waals surface area contributed by atoms with E-state index in [1.165, 1.54) is 6.07 Å². The van der Waals surface area contributed by atoms with Gasteiger partial charge in [-0.2, -0.15) is 4.98 Å². The molecule has 2 rings (SSSR count). The summed E-state index contributed by atoms with van der Waals surface area (Å²) >= 11 is 0. The van der Waals surface area contributed by atoms with Crippen LogP contribution in [0.15, 0.2) is 22.7 Å². The molecule has 106 valence electrons. The van der Waals surface area contributed by atoms with Crippen LogP contribution in [0.2, 0.25) is 0 Å². The third-order valence-corrected chi connectivity index (χ3v) is 2.79. The fourth-order valence-electron chi connectivity index (χ4n) is 1.68. The average Bonchev–Trinajstić information content (AvgIpc) is 2.85. The van der Waals surface area contributed by atoms with Gasteiger partial charge in [0.1, 0.15) is 0 Å². The number of hydrogen-bond donors (Lipinski definition) is 1. The lowest BCUT2D eigenvalue weighted by Crippen LogP contribution is -2.22. The summed E-state index contributed by atoms with van der Waals surface area (Å²) < 4.78 is 5.13. The van der Waals surface area contributed by atoms with Crippen molar-refractivity contribution in [3.63, 3.8) is 0 Å². The van der Waals surface area contributed by atoms with Gasteiger partial charge in [0.2, 0.25) is 0 Å². The molecule has 0 aliphatic carbocycles. The first kappa shape index (κ1) is 14.1. The highest BCUT2D eigenvalue weighted by Gasteiger charge is 2.15. The third-order valence-electron chi connectivity index (χ3n) is 2.79. The minimum Gasteiger partial charge on any atom is -0.334 e. The van der Waals surface area contributed by atoms with Gasteiger partial charge in [0.05, 0.1) is 11.5 Å². The van der Waals surface area contributed by atoms with E-state index in [1.54, 1.807) is 19.1 Å². The van der Waals surface area contributed by atoms with E-state index in [1.807, 2.05) is 13.8 Å². The lowest BCUT2D eigenvalue weighted by molar-refractivity contribution is -0.385. The number of hydrogen-bond acceptors (Lipinski definition) is 6. The van der Waals surface area contributed by atoms with Crippen molar-refractivity contribution in [3.05, 3.63) is 39.7 Å². The third kappa shape index (κ3) is 3.18. The number of rotatable bonds is 5. The van der Waals surface area contributed by atoms with Crippen LogP contribution in [-0.4, -0.2) is 21.1 Å². The van der Waals surface area contributed by atoms with Gasteiger partial charge < -0.3 is 9.84 Å². The molecule has 0 aliphatic rings. The molecule has 0 radical (unpaired) electrons. The average molecular weight is 276 g/mol. The smallest absolute Gasteiger partial charge is 0.273 e. The molecule has 1 aromatic heterocycles. The summed E-state index contributed by atoms with van der Waals surface area (Å²) in [5.74, 6) is 0.811. The van der Waals surface area contributed by atoms with Crippen LogP contribution >= 0.6 is 0 Å². The number of benzene rings is 1. The summed E-state index contributed by atoms with van der Waals surface area (Å²) in [5.41, 5.74) is 1.19. The molecule has 1 N–H and O–H groups in total. The van der Waals surface area contributed by atoms with Crippen molar-refractivity contribution in [3.8, 4) is 11.5 Å². The Kier molecular flexibility index (Phi) is 4.09. The number of nitrogens with one attached hydrogen (secondary N) is 1. The molecule has 0 unspecified atom stereocenters. The van der Waals surface area contributed by atoms with E-state index < -0.39 is 4.92 Å². The Morgan fingerprint density at radius 2 is 2.20 bits per heavy atom. The van der Waals surface area contributed by atoms with Crippen LogP contribution in [0.4, 0.5) is 5.69 Å². The minimum absolute atomic E-state index is 0.0440. The zero-order valence-corrected chi connectivity index (χ0v) is 11.6. The predicted molar refractivity (Wildman–Crippen MR) is 73.1 cm³/mol. The summed E-state index contributed by atoms with van der Waals surface area (Å²) in [6.45, 7) is 6.22. The number of aryl methyl sites for hydroxylation is 1. The molecular formula is C13H16N4O3. The highest BCUT2D eigenvalue weighted by molar-refractivity contribution is 5.59. The van der Waals surface area contributed by atoms with E-state index in [2.05, 4.69) is 15.5 Å². The maximum Gasteiger partial charge on any atom is 0.273 e. The number of nitro groups is 1. The van der Waals surface area contributed by atoms with Gasteiger partial charge in [0.25, 0.3) is 11.6 Å². The lowest BCUT2D eigenvalue weighted by Gasteiger charge is -2.03. The van der Waals surface area contributed by atoms with Crippen molar-refractivity contribution in [1.29, 1.82) is 0 Å². The van der Waals surface area contributed by atoms with Crippen molar-refractivity contribution in [2.45, 2.75) is 33.4 Å². The van der Waals surface area contributed by atoms with Crippen LogP contribution in [0.25, 0.3) is 11.5 Å². The Balaban J connectivity index is 2.24. The molecule has 7 nitrogen and oxygen atoms in total. The van der Waals surface area contributed by atoms with Crippen LogP contribution in [0.3, 0.4) is 0 Å². The standard InChI is InChI=1S/C13H16N4O3/c1-8(2)14-7-12-15-13(20-16-12)10-5-4-9(3)11(6-10)17(18)19/h4-6,8,14H,7H2,1-3H3. The summed E-state index contributed by atoms with van der Waals surface area (Å²) in [5, 5.41) is 17.9. The fraction of sp³-hybridized carbons (Fsp3) is 0.385. The number of aromatic nitrogens is 2. The number of nitrogens with zero attached hydrogens (tertiary/aromatic N) is 3. The first-order valence-electron chi connectivity index (χ1n) is 6.28. The van der Waals surface area contributed by atoms with Crippen molar-refractivity contribution >= 4 is 5.69 Å². The van der Waals surface area contributed by atoms with E-state index in [-0.39, 0.29) is 11.6 Å². The summed E-state index contributed by atoms with van der Waals surface area (Å²) in [7, 11) is 0. The zero-order chi connectivity index (χ0) is 14.7. The molecule has 20 heavy (non-hydrogen) atoms. The maximum absolute atomic E-state index is 10.9. The van der Waals surface area contributed by atoms with Crippen LogP contribution < -0.4 is 5.32 Å². The molecule has 0 spiro atoms. The first-order chi connectivity index (χ1) is 9.47. The van der Waals surface area contributed by atoms with Gasteiger partial charge >= 0.3 is 0 Å². The largest absolute Gasteiger partial charge is 0.334 e. The van der Waals surface area contributed by atoms with Crippen LogP contribution in [0.1, 0.15) is 25.2 Å². The van der Waals surface area contributed by atoms with Crippen molar-refractivity contribution in [2.24, 2.45) is 0 Å². The summed E-state index contributed by atoms with van der Waals surface area (Å²) in [4.78, 5) is 14.7. The van der Waals surface area contributed by atoms with Crippen molar-refractivity contribution < 1.29 is 9.45 Å². The second-order valence-electron chi connectivity index (χ2n) is 4.81. The maximum atomic E-state index is 10.9. The molecule has 0 saturated carbocycles. The molecule has 0 atom stereocenters. The van der Waals surface area contributed by atoms with Crippen LogP contribution in [-0.2, 0) is 6.54 Å². The normalized spacial score (nSPS) is 11.0. The first-order valence-corrected chi connectivity index (χ1v) is 6.28. The van der Waals surface area contributed by atoms with Crippen molar-refractivity contribution in [2.75, 3.05) is 0 Å². The molecule has 0 aliphatic heterocycles.